The number of rotatable bonds is 3. The van der Waals surface area contributed by atoms with E-state index >= 15 is 0 Å². The van der Waals surface area contributed by atoms with Crippen molar-refractivity contribution in [3.05, 3.63) is 35.4 Å². The minimum Gasteiger partial charge on any atom is -0.369 e. The van der Waals surface area contributed by atoms with Gasteiger partial charge in [-0.25, -0.2) is 0 Å². The Kier molecular flexibility index (Phi) is 6.66. The van der Waals surface area contributed by atoms with E-state index in [1.54, 1.807) is 7.05 Å². The van der Waals surface area contributed by atoms with Gasteiger partial charge < -0.3 is 11.1 Å². The second-order valence-electron chi connectivity index (χ2n) is 3.24. The number of nitrogens with one attached hydrogen (secondary N) is 1. The normalized spacial score (nSPS) is 10.2. The lowest BCUT2D eigenvalue weighted by molar-refractivity contribution is -0.137. The molecule has 0 aliphatic rings. The number of amides is 1. The Balaban J connectivity index is 0.000000411. The fourth-order valence-corrected chi connectivity index (χ4v) is 0.963. The van der Waals surface area contributed by atoms with Gasteiger partial charge in [0.1, 0.15) is 6.29 Å². The highest BCUT2D eigenvalue weighted by molar-refractivity contribution is 5.75. The third-order valence-corrected chi connectivity index (χ3v) is 1.70. The van der Waals surface area contributed by atoms with E-state index in [-0.39, 0.29) is 18.0 Å². The minimum absolute atomic E-state index is 0.0322. The number of benzene rings is 1. The van der Waals surface area contributed by atoms with Crippen LogP contribution in [0.5, 0.6) is 0 Å². The highest BCUT2D eigenvalue weighted by Crippen LogP contribution is 2.29. The van der Waals surface area contributed by atoms with E-state index in [2.05, 4.69) is 5.32 Å². The summed E-state index contributed by atoms with van der Waals surface area (Å²) >= 11 is 0. The highest BCUT2D eigenvalue weighted by atomic mass is 19.4. The van der Waals surface area contributed by atoms with Crippen LogP contribution in [0.3, 0.4) is 0 Å². The molecule has 0 aromatic heterocycles. The fourth-order valence-electron chi connectivity index (χ4n) is 0.963. The second-order valence-corrected chi connectivity index (χ2v) is 3.24. The van der Waals surface area contributed by atoms with Crippen LogP contribution in [0.2, 0.25) is 0 Å². The highest BCUT2D eigenvalue weighted by Gasteiger charge is 2.30. The first-order valence-electron chi connectivity index (χ1n) is 4.86. The maximum absolute atomic E-state index is 12.0. The van der Waals surface area contributed by atoms with Crippen molar-refractivity contribution in [2.75, 3.05) is 13.6 Å². The number of hydrogen-bond acceptors (Lipinski definition) is 3. The summed E-state index contributed by atoms with van der Waals surface area (Å²) in [7, 11) is 1.67. The summed E-state index contributed by atoms with van der Waals surface area (Å²) in [6, 6.07) is 4.26. The molecule has 3 N–H and O–H groups in total. The second kappa shape index (κ2) is 7.44. The molecule has 0 radical (unpaired) electrons. The summed E-state index contributed by atoms with van der Waals surface area (Å²) < 4.78 is 36.0. The first kappa shape index (κ1) is 16.1. The van der Waals surface area contributed by atoms with E-state index in [0.29, 0.717) is 6.29 Å². The molecule has 1 rings (SSSR count). The molecule has 100 valence electrons. The SMILES string of the molecule is CNCC(N)=O.O=Cc1cccc(C(F)(F)F)c1. The topological polar surface area (TPSA) is 72.2 Å². The lowest BCUT2D eigenvalue weighted by atomic mass is 10.1. The molecule has 18 heavy (non-hydrogen) atoms. The van der Waals surface area contributed by atoms with Crippen LogP contribution in [0, 0.1) is 0 Å². The molecule has 7 heteroatoms. The van der Waals surface area contributed by atoms with Crippen LogP contribution in [0.25, 0.3) is 0 Å². The van der Waals surface area contributed by atoms with Crippen LogP contribution in [-0.2, 0) is 11.0 Å². The predicted molar refractivity (Wildman–Crippen MR) is 60.0 cm³/mol. The molecular weight excluding hydrogens is 249 g/mol. The Bertz CT molecular complexity index is 406. The molecule has 0 aliphatic heterocycles. The van der Waals surface area contributed by atoms with Crippen molar-refractivity contribution >= 4 is 12.2 Å². The van der Waals surface area contributed by atoms with E-state index in [0.717, 1.165) is 12.1 Å². The number of carbonyl (C=O) groups excluding carboxylic acids is 2. The largest absolute Gasteiger partial charge is 0.416 e. The Morgan fingerprint density at radius 1 is 1.44 bits per heavy atom. The average Bonchev–Trinajstić information content (AvgIpc) is 2.28. The number of primary amides is 1. The van der Waals surface area contributed by atoms with Crippen molar-refractivity contribution in [1.29, 1.82) is 0 Å². The Hall–Kier alpha value is -1.89. The Morgan fingerprint density at radius 2 is 2.06 bits per heavy atom. The van der Waals surface area contributed by atoms with E-state index in [1.165, 1.54) is 12.1 Å². The van der Waals surface area contributed by atoms with Gasteiger partial charge in [-0.05, 0) is 19.2 Å². The van der Waals surface area contributed by atoms with Crippen molar-refractivity contribution in [2.24, 2.45) is 5.73 Å². The van der Waals surface area contributed by atoms with Crippen LogP contribution >= 0.6 is 0 Å². The molecule has 1 amide bonds. The van der Waals surface area contributed by atoms with E-state index in [1.807, 2.05) is 0 Å². The lowest BCUT2D eigenvalue weighted by Gasteiger charge is -2.05. The minimum atomic E-state index is -4.38. The van der Waals surface area contributed by atoms with Crippen LogP contribution in [0.4, 0.5) is 13.2 Å². The third-order valence-electron chi connectivity index (χ3n) is 1.70. The number of halogens is 3. The number of aldehydes is 1. The van der Waals surface area contributed by atoms with Crippen molar-refractivity contribution < 1.29 is 22.8 Å². The maximum Gasteiger partial charge on any atom is 0.416 e. The van der Waals surface area contributed by atoms with E-state index in [4.69, 9.17) is 5.73 Å². The average molecular weight is 262 g/mol. The number of hydrogen-bond donors (Lipinski definition) is 2. The number of likely N-dealkylation sites (N-methyl/N-ethyl adjacent to an activating group) is 1. The van der Waals surface area contributed by atoms with Crippen LogP contribution < -0.4 is 11.1 Å². The summed E-state index contributed by atoms with van der Waals surface area (Å²) in [6.07, 6.45) is -3.99. The maximum atomic E-state index is 12.0. The third kappa shape index (κ3) is 6.64. The number of carbonyl (C=O) groups is 2. The van der Waals surface area contributed by atoms with Gasteiger partial charge in [-0.2, -0.15) is 13.2 Å². The van der Waals surface area contributed by atoms with Crippen molar-refractivity contribution in [3.8, 4) is 0 Å². The molecule has 0 fully saturated rings. The van der Waals surface area contributed by atoms with Gasteiger partial charge in [0.05, 0.1) is 12.1 Å². The standard InChI is InChI=1S/C8H5F3O.C3H8N2O/c9-8(10,11)7-3-1-2-6(4-7)5-12;1-5-2-3(4)6/h1-5H;5H,2H2,1H3,(H2,4,6). The zero-order chi connectivity index (χ0) is 14.2. The van der Waals surface area contributed by atoms with Gasteiger partial charge in [-0.3, -0.25) is 9.59 Å². The lowest BCUT2D eigenvalue weighted by Crippen LogP contribution is -2.25. The first-order valence-corrected chi connectivity index (χ1v) is 4.86. The van der Waals surface area contributed by atoms with Crippen molar-refractivity contribution in [3.63, 3.8) is 0 Å². The number of alkyl halides is 3. The molecule has 0 atom stereocenters. The molecule has 1 aromatic carbocycles. The molecule has 0 aliphatic carbocycles. The monoisotopic (exact) mass is 262 g/mol. The van der Waals surface area contributed by atoms with Crippen LogP contribution in [0.1, 0.15) is 15.9 Å². The van der Waals surface area contributed by atoms with Gasteiger partial charge in [-0.1, -0.05) is 12.1 Å². The van der Waals surface area contributed by atoms with Gasteiger partial charge in [-0.15, -0.1) is 0 Å². The summed E-state index contributed by atoms with van der Waals surface area (Å²) in [4.78, 5) is 19.9. The summed E-state index contributed by atoms with van der Waals surface area (Å²) in [5.41, 5.74) is 3.93. The molecule has 0 unspecified atom stereocenters. The zero-order valence-electron chi connectivity index (χ0n) is 9.62. The number of nitrogens with two attached hydrogens (primary N) is 1. The smallest absolute Gasteiger partial charge is 0.369 e. The zero-order valence-corrected chi connectivity index (χ0v) is 9.62. The van der Waals surface area contributed by atoms with E-state index < -0.39 is 11.7 Å². The van der Waals surface area contributed by atoms with Crippen LogP contribution in [0.15, 0.2) is 24.3 Å². The molecule has 0 saturated carbocycles. The first-order chi connectivity index (χ1) is 8.31. The Morgan fingerprint density at radius 3 is 2.39 bits per heavy atom. The van der Waals surface area contributed by atoms with Gasteiger partial charge in [0.25, 0.3) is 0 Å². The van der Waals surface area contributed by atoms with Gasteiger partial charge in [0.2, 0.25) is 5.91 Å². The molecule has 0 saturated heterocycles. The molecule has 0 heterocycles. The summed E-state index contributed by atoms with van der Waals surface area (Å²) in [5, 5.41) is 2.59. The van der Waals surface area contributed by atoms with Crippen molar-refractivity contribution in [2.45, 2.75) is 6.18 Å². The Labute approximate surface area is 102 Å². The summed E-state index contributed by atoms with van der Waals surface area (Å²) in [6.45, 7) is 0.264. The molecule has 4 nitrogen and oxygen atoms in total. The summed E-state index contributed by atoms with van der Waals surface area (Å²) in [5.74, 6) is -0.322. The van der Waals surface area contributed by atoms with Gasteiger partial charge >= 0.3 is 6.18 Å². The van der Waals surface area contributed by atoms with Gasteiger partial charge in [0.15, 0.2) is 0 Å². The molecule has 0 spiro atoms. The molecular formula is C11H13F3N2O2. The fraction of sp³-hybridized carbons (Fsp3) is 0.273. The van der Waals surface area contributed by atoms with Crippen LogP contribution in [-0.4, -0.2) is 25.8 Å². The van der Waals surface area contributed by atoms with Crippen molar-refractivity contribution in [1.82, 2.24) is 5.32 Å². The van der Waals surface area contributed by atoms with E-state index in [9.17, 15) is 22.8 Å². The molecule has 1 aromatic rings. The molecule has 0 bridgehead atoms. The predicted octanol–water partition coefficient (Wildman–Crippen LogP) is 1.21. The quantitative estimate of drug-likeness (QED) is 0.804. The van der Waals surface area contributed by atoms with Gasteiger partial charge in [0, 0.05) is 5.56 Å².